The standard InChI is InChI=1S/C20H23FN2O3S/c1-14-5-6-17(13-19(14)27(25,26)23-11-3-4-12-23)20(24)22-15(2)16-7-9-18(21)10-8-16/h5-10,13,15H,3-4,11-12H2,1-2H3,(H,22,24)/t15-/m0/s1. The van der Waals surface area contributed by atoms with E-state index in [0.717, 1.165) is 18.4 Å². The third-order valence-electron chi connectivity index (χ3n) is 4.85. The zero-order chi connectivity index (χ0) is 19.6. The van der Waals surface area contributed by atoms with E-state index < -0.39 is 10.0 Å². The van der Waals surface area contributed by atoms with Crippen molar-refractivity contribution in [1.82, 2.24) is 9.62 Å². The minimum atomic E-state index is -3.60. The van der Waals surface area contributed by atoms with E-state index >= 15 is 0 Å². The molecule has 7 heteroatoms. The number of amides is 1. The molecule has 2 aromatic rings. The Kier molecular flexibility index (Phi) is 5.62. The third kappa shape index (κ3) is 4.20. The highest BCUT2D eigenvalue weighted by Crippen LogP contribution is 2.25. The summed E-state index contributed by atoms with van der Waals surface area (Å²) in [6.45, 7) is 4.55. The maximum Gasteiger partial charge on any atom is 0.251 e. The highest BCUT2D eigenvalue weighted by molar-refractivity contribution is 7.89. The van der Waals surface area contributed by atoms with Crippen LogP contribution in [0.1, 0.15) is 47.3 Å². The van der Waals surface area contributed by atoms with Gasteiger partial charge in [-0.3, -0.25) is 4.79 Å². The molecular formula is C20H23FN2O3S. The molecule has 27 heavy (non-hydrogen) atoms. The molecule has 2 aromatic carbocycles. The molecule has 5 nitrogen and oxygen atoms in total. The molecule has 0 bridgehead atoms. The minimum absolute atomic E-state index is 0.173. The molecule has 1 N–H and O–H groups in total. The molecule has 1 aliphatic heterocycles. The molecule has 144 valence electrons. The van der Waals surface area contributed by atoms with Gasteiger partial charge in [0.15, 0.2) is 0 Å². The second-order valence-electron chi connectivity index (χ2n) is 6.84. The average Bonchev–Trinajstić information content (AvgIpc) is 3.18. The van der Waals surface area contributed by atoms with Gasteiger partial charge < -0.3 is 5.32 Å². The fourth-order valence-corrected chi connectivity index (χ4v) is 4.97. The molecular weight excluding hydrogens is 367 g/mol. The van der Waals surface area contributed by atoms with Crippen LogP contribution in [0.2, 0.25) is 0 Å². The Morgan fingerprint density at radius 2 is 1.74 bits per heavy atom. The number of carbonyl (C=O) groups is 1. The smallest absolute Gasteiger partial charge is 0.251 e. The quantitative estimate of drug-likeness (QED) is 0.851. The number of rotatable bonds is 5. The molecule has 1 amide bonds. The van der Waals surface area contributed by atoms with Crippen LogP contribution in [0.3, 0.4) is 0 Å². The Labute approximate surface area is 159 Å². The van der Waals surface area contributed by atoms with Crippen LogP contribution in [0.4, 0.5) is 4.39 Å². The van der Waals surface area contributed by atoms with E-state index in [1.165, 1.54) is 22.5 Å². The number of carbonyl (C=O) groups excluding carboxylic acids is 1. The van der Waals surface area contributed by atoms with Gasteiger partial charge in [-0.1, -0.05) is 18.2 Å². The van der Waals surface area contributed by atoms with E-state index in [1.54, 1.807) is 38.1 Å². The molecule has 1 atom stereocenters. The summed E-state index contributed by atoms with van der Waals surface area (Å²) in [7, 11) is -3.60. The SMILES string of the molecule is Cc1ccc(C(=O)N[C@@H](C)c2ccc(F)cc2)cc1S(=O)(=O)N1CCCC1. The fraction of sp³-hybridized carbons (Fsp3) is 0.350. The molecule has 1 heterocycles. The van der Waals surface area contributed by atoms with Crippen molar-refractivity contribution in [2.24, 2.45) is 0 Å². The summed E-state index contributed by atoms with van der Waals surface area (Å²) in [5, 5.41) is 2.83. The summed E-state index contributed by atoms with van der Waals surface area (Å²) in [5.41, 5.74) is 1.67. The number of halogens is 1. The van der Waals surface area contributed by atoms with Crippen LogP contribution in [-0.4, -0.2) is 31.7 Å². The molecule has 0 saturated carbocycles. The lowest BCUT2D eigenvalue weighted by Gasteiger charge is -2.18. The van der Waals surface area contributed by atoms with Gasteiger partial charge in [0.25, 0.3) is 5.91 Å². The second-order valence-corrected chi connectivity index (χ2v) is 8.74. The zero-order valence-electron chi connectivity index (χ0n) is 15.4. The summed E-state index contributed by atoms with van der Waals surface area (Å²) >= 11 is 0. The van der Waals surface area contributed by atoms with Crippen LogP contribution >= 0.6 is 0 Å². The predicted molar refractivity (Wildman–Crippen MR) is 101 cm³/mol. The van der Waals surface area contributed by atoms with Crippen molar-refractivity contribution < 1.29 is 17.6 Å². The summed E-state index contributed by atoms with van der Waals surface area (Å²) in [6.07, 6.45) is 1.71. The molecule has 0 unspecified atom stereocenters. The number of nitrogens with zero attached hydrogens (tertiary/aromatic N) is 1. The summed E-state index contributed by atoms with van der Waals surface area (Å²) in [6, 6.07) is 10.3. The van der Waals surface area contributed by atoms with Gasteiger partial charge in [0.1, 0.15) is 5.82 Å². The maximum absolute atomic E-state index is 13.1. The second kappa shape index (κ2) is 7.78. The van der Waals surface area contributed by atoms with Gasteiger partial charge in [-0.15, -0.1) is 0 Å². The van der Waals surface area contributed by atoms with Crippen molar-refractivity contribution in [3.8, 4) is 0 Å². The van der Waals surface area contributed by atoms with Gasteiger partial charge in [-0.05, 0) is 62.1 Å². The number of sulfonamides is 1. The highest BCUT2D eigenvalue weighted by atomic mass is 32.2. The first-order valence-corrected chi connectivity index (χ1v) is 10.4. The van der Waals surface area contributed by atoms with E-state index in [4.69, 9.17) is 0 Å². The van der Waals surface area contributed by atoms with Crippen molar-refractivity contribution in [3.63, 3.8) is 0 Å². The molecule has 0 aromatic heterocycles. The normalized spacial score (nSPS) is 16.3. The number of hydrogen-bond acceptors (Lipinski definition) is 3. The fourth-order valence-electron chi connectivity index (χ4n) is 3.20. The van der Waals surface area contributed by atoms with Crippen molar-refractivity contribution in [3.05, 3.63) is 65.0 Å². The molecule has 0 aliphatic carbocycles. The van der Waals surface area contributed by atoms with Crippen LogP contribution in [0.15, 0.2) is 47.4 Å². The van der Waals surface area contributed by atoms with E-state index in [1.807, 2.05) is 0 Å². The lowest BCUT2D eigenvalue weighted by molar-refractivity contribution is 0.0939. The predicted octanol–water partition coefficient (Wildman–Crippen LogP) is 3.41. The van der Waals surface area contributed by atoms with E-state index in [2.05, 4.69) is 5.32 Å². The number of benzene rings is 2. The van der Waals surface area contributed by atoms with Crippen LogP contribution in [0, 0.1) is 12.7 Å². The zero-order valence-corrected chi connectivity index (χ0v) is 16.2. The van der Waals surface area contributed by atoms with Crippen molar-refractivity contribution in [1.29, 1.82) is 0 Å². The third-order valence-corrected chi connectivity index (χ3v) is 6.89. The van der Waals surface area contributed by atoms with Crippen LogP contribution < -0.4 is 5.32 Å². The van der Waals surface area contributed by atoms with E-state index in [0.29, 0.717) is 18.7 Å². The monoisotopic (exact) mass is 390 g/mol. The van der Waals surface area contributed by atoms with Crippen molar-refractivity contribution >= 4 is 15.9 Å². The lowest BCUT2D eigenvalue weighted by Crippen LogP contribution is -2.30. The molecule has 3 rings (SSSR count). The topological polar surface area (TPSA) is 66.5 Å². The van der Waals surface area contributed by atoms with Gasteiger partial charge in [0.2, 0.25) is 10.0 Å². The van der Waals surface area contributed by atoms with E-state index in [9.17, 15) is 17.6 Å². The Bertz CT molecular complexity index is 936. The first-order valence-electron chi connectivity index (χ1n) is 8.96. The van der Waals surface area contributed by atoms with Crippen LogP contribution in [0.25, 0.3) is 0 Å². The average molecular weight is 390 g/mol. The van der Waals surface area contributed by atoms with E-state index in [-0.39, 0.29) is 28.2 Å². The van der Waals surface area contributed by atoms with Gasteiger partial charge in [0, 0.05) is 18.7 Å². The Morgan fingerprint density at radius 3 is 2.37 bits per heavy atom. The number of aryl methyl sites for hydroxylation is 1. The van der Waals surface area contributed by atoms with Crippen LogP contribution in [-0.2, 0) is 10.0 Å². The Balaban J connectivity index is 1.82. The summed E-state index contributed by atoms with van der Waals surface area (Å²) in [4.78, 5) is 12.8. The van der Waals surface area contributed by atoms with Crippen molar-refractivity contribution in [2.75, 3.05) is 13.1 Å². The van der Waals surface area contributed by atoms with Gasteiger partial charge in [-0.2, -0.15) is 4.31 Å². The van der Waals surface area contributed by atoms with Gasteiger partial charge in [0.05, 0.1) is 10.9 Å². The molecule has 1 aliphatic rings. The van der Waals surface area contributed by atoms with Crippen molar-refractivity contribution in [2.45, 2.75) is 37.6 Å². The number of nitrogens with one attached hydrogen (secondary N) is 1. The largest absolute Gasteiger partial charge is 0.346 e. The van der Waals surface area contributed by atoms with Gasteiger partial charge >= 0.3 is 0 Å². The summed E-state index contributed by atoms with van der Waals surface area (Å²) < 4.78 is 40.3. The molecule has 0 spiro atoms. The van der Waals surface area contributed by atoms with Crippen LogP contribution in [0.5, 0.6) is 0 Å². The summed E-state index contributed by atoms with van der Waals surface area (Å²) in [5.74, 6) is -0.711. The number of hydrogen-bond donors (Lipinski definition) is 1. The highest BCUT2D eigenvalue weighted by Gasteiger charge is 2.29. The first kappa shape index (κ1) is 19.5. The Morgan fingerprint density at radius 1 is 1.11 bits per heavy atom. The molecule has 1 saturated heterocycles. The molecule has 1 fully saturated rings. The molecule has 0 radical (unpaired) electrons. The maximum atomic E-state index is 13.1. The lowest BCUT2D eigenvalue weighted by atomic mass is 10.1. The minimum Gasteiger partial charge on any atom is -0.346 e. The Hall–Kier alpha value is -2.25. The van der Waals surface area contributed by atoms with Gasteiger partial charge in [-0.25, -0.2) is 12.8 Å². The first-order chi connectivity index (χ1) is 12.8.